The van der Waals surface area contributed by atoms with Gasteiger partial charge in [0.15, 0.2) is 0 Å². The van der Waals surface area contributed by atoms with Crippen LogP contribution in [0.1, 0.15) is 44.6 Å². The van der Waals surface area contributed by atoms with Crippen molar-refractivity contribution in [2.24, 2.45) is 0 Å². The van der Waals surface area contributed by atoms with E-state index >= 15 is 0 Å². The van der Waals surface area contributed by atoms with E-state index in [9.17, 15) is 4.79 Å². The molecular formula is C25H28N2O. The van der Waals surface area contributed by atoms with Crippen molar-refractivity contribution >= 4 is 28.1 Å². The van der Waals surface area contributed by atoms with Gasteiger partial charge in [-0.3, -0.25) is 4.79 Å². The summed E-state index contributed by atoms with van der Waals surface area (Å²) in [4.78, 5) is 13.8. The monoisotopic (exact) mass is 372 g/mol. The summed E-state index contributed by atoms with van der Waals surface area (Å²) in [6.45, 7) is 4.83. The Morgan fingerprint density at radius 3 is 2.50 bits per heavy atom. The molecule has 3 aromatic carbocycles. The fourth-order valence-corrected chi connectivity index (χ4v) is 4.67. The minimum absolute atomic E-state index is 0.0256. The first-order chi connectivity index (χ1) is 13.7. The first-order valence-corrected chi connectivity index (χ1v) is 10.3. The van der Waals surface area contributed by atoms with E-state index in [1.807, 2.05) is 12.1 Å². The number of hydrogen-bond acceptors (Lipinski definition) is 2. The summed E-state index contributed by atoms with van der Waals surface area (Å²) < 4.78 is 0. The summed E-state index contributed by atoms with van der Waals surface area (Å²) in [5.41, 5.74) is 3.61. The number of fused-ring (bicyclic) bond motifs is 1. The number of rotatable bonds is 5. The predicted molar refractivity (Wildman–Crippen MR) is 118 cm³/mol. The van der Waals surface area contributed by atoms with Crippen molar-refractivity contribution in [3.8, 4) is 0 Å². The summed E-state index contributed by atoms with van der Waals surface area (Å²) in [6.07, 6.45) is 3.61. The molecule has 1 saturated carbocycles. The second-order valence-electron chi connectivity index (χ2n) is 7.75. The molecule has 0 saturated heterocycles. The zero-order valence-electron chi connectivity index (χ0n) is 16.7. The van der Waals surface area contributed by atoms with Gasteiger partial charge in [0.05, 0.1) is 0 Å². The first-order valence-electron chi connectivity index (χ1n) is 10.3. The van der Waals surface area contributed by atoms with Crippen molar-refractivity contribution in [3.05, 3.63) is 72.3 Å². The Hall–Kier alpha value is -2.81. The van der Waals surface area contributed by atoms with Gasteiger partial charge in [0.1, 0.15) is 0 Å². The average Bonchev–Trinajstić information content (AvgIpc) is 3.19. The van der Waals surface area contributed by atoms with Crippen LogP contribution in [0.3, 0.4) is 0 Å². The minimum Gasteiger partial charge on any atom is -0.368 e. The van der Waals surface area contributed by atoms with E-state index in [4.69, 9.17) is 0 Å². The van der Waals surface area contributed by atoms with Crippen molar-refractivity contribution in [2.45, 2.75) is 45.1 Å². The molecule has 3 heteroatoms. The van der Waals surface area contributed by atoms with Gasteiger partial charge in [-0.25, -0.2) is 0 Å². The van der Waals surface area contributed by atoms with E-state index in [1.165, 1.54) is 41.3 Å². The van der Waals surface area contributed by atoms with E-state index in [1.54, 1.807) is 6.92 Å². The molecule has 3 aromatic rings. The molecule has 3 nitrogen and oxygen atoms in total. The van der Waals surface area contributed by atoms with E-state index < -0.39 is 0 Å². The number of nitrogens with one attached hydrogen (secondary N) is 1. The highest BCUT2D eigenvalue weighted by Gasteiger charge is 2.30. The van der Waals surface area contributed by atoms with Crippen LogP contribution < -0.4 is 10.2 Å². The first kappa shape index (κ1) is 18.5. The molecule has 28 heavy (non-hydrogen) atoms. The van der Waals surface area contributed by atoms with Crippen LogP contribution >= 0.6 is 0 Å². The molecule has 2 unspecified atom stereocenters. The quantitative estimate of drug-likeness (QED) is 0.599. The Balaban J connectivity index is 1.53. The molecular weight excluding hydrogens is 344 g/mol. The highest BCUT2D eigenvalue weighted by atomic mass is 16.1. The SMILES string of the molecule is CCN(c1cccc2ccccc12)C1CCC(c2ccc(NC(C)=O)cc2)C1. The van der Waals surface area contributed by atoms with Gasteiger partial charge in [-0.15, -0.1) is 0 Å². The molecule has 1 aliphatic rings. The van der Waals surface area contributed by atoms with E-state index in [-0.39, 0.29) is 5.91 Å². The van der Waals surface area contributed by atoms with Gasteiger partial charge < -0.3 is 10.2 Å². The highest BCUT2D eigenvalue weighted by molar-refractivity contribution is 5.94. The number of nitrogens with zero attached hydrogens (tertiary/aromatic N) is 1. The maximum atomic E-state index is 11.2. The third kappa shape index (κ3) is 3.75. The Morgan fingerprint density at radius 2 is 1.75 bits per heavy atom. The fourth-order valence-electron chi connectivity index (χ4n) is 4.67. The van der Waals surface area contributed by atoms with Gasteiger partial charge in [-0.05, 0) is 61.3 Å². The molecule has 1 fully saturated rings. The van der Waals surface area contributed by atoms with Gasteiger partial charge in [0.25, 0.3) is 0 Å². The van der Waals surface area contributed by atoms with Gasteiger partial charge >= 0.3 is 0 Å². The van der Waals surface area contributed by atoms with Crippen LogP contribution in [0.15, 0.2) is 66.7 Å². The maximum absolute atomic E-state index is 11.2. The van der Waals surface area contributed by atoms with Gasteiger partial charge in [-0.2, -0.15) is 0 Å². The average molecular weight is 373 g/mol. The van der Waals surface area contributed by atoms with E-state index in [2.05, 4.69) is 71.7 Å². The lowest BCUT2D eigenvalue weighted by atomic mass is 9.97. The van der Waals surface area contributed by atoms with Gasteiger partial charge in [0.2, 0.25) is 5.91 Å². The molecule has 4 rings (SSSR count). The van der Waals surface area contributed by atoms with Crippen molar-refractivity contribution in [1.29, 1.82) is 0 Å². The van der Waals surface area contributed by atoms with Crippen LogP contribution in [0, 0.1) is 0 Å². The number of carbonyl (C=O) groups is 1. The summed E-state index contributed by atoms with van der Waals surface area (Å²) >= 11 is 0. The van der Waals surface area contributed by atoms with Crippen molar-refractivity contribution < 1.29 is 4.79 Å². The lowest BCUT2D eigenvalue weighted by Crippen LogP contribution is -2.33. The van der Waals surface area contributed by atoms with Crippen molar-refractivity contribution in [3.63, 3.8) is 0 Å². The lowest BCUT2D eigenvalue weighted by Gasteiger charge is -2.31. The normalized spacial score (nSPS) is 18.9. The Bertz CT molecular complexity index is 958. The molecule has 144 valence electrons. The number of hydrogen-bond donors (Lipinski definition) is 1. The molecule has 1 aliphatic carbocycles. The predicted octanol–water partition coefficient (Wildman–Crippen LogP) is 5.96. The molecule has 0 spiro atoms. The Kier molecular flexibility index (Phi) is 5.34. The van der Waals surface area contributed by atoms with E-state index in [0.717, 1.165) is 12.2 Å². The molecule has 1 amide bonds. The van der Waals surface area contributed by atoms with Crippen molar-refractivity contribution in [2.75, 3.05) is 16.8 Å². The summed E-state index contributed by atoms with van der Waals surface area (Å²) in [5.74, 6) is 0.558. The molecule has 0 radical (unpaired) electrons. The van der Waals surface area contributed by atoms with Crippen LogP contribution in [0.25, 0.3) is 10.8 Å². The number of carbonyl (C=O) groups excluding carboxylic acids is 1. The molecule has 0 aliphatic heterocycles. The third-order valence-electron chi connectivity index (χ3n) is 5.96. The Labute approximate surface area is 167 Å². The standard InChI is InChI=1S/C25H28N2O/c1-3-27(25-10-6-8-20-7-4-5-9-24(20)25)23-16-13-21(17-23)19-11-14-22(15-12-19)26-18(2)28/h4-12,14-15,21,23H,3,13,16-17H2,1-2H3,(H,26,28). The van der Waals surface area contributed by atoms with Crippen LogP contribution in [0.4, 0.5) is 11.4 Å². The van der Waals surface area contributed by atoms with Gasteiger partial charge in [0, 0.05) is 36.3 Å². The number of benzene rings is 3. The smallest absolute Gasteiger partial charge is 0.221 e. The number of amides is 1. The Morgan fingerprint density at radius 1 is 1.00 bits per heavy atom. The zero-order chi connectivity index (χ0) is 19.5. The third-order valence-corrected chi connectivity index (χ3v) is 5.96. The van der Waals surface area contributed by atoms with Crippen LogP contribution in [-0.2, 0) is 4.79 Å². The summed E-state index contributed by atoms with van der Waals surface area (Å²) in [7, 11) is 0. The van der Waals surface area contributed by atoms with Crippen LogP contribution in [0.5, 0.6) is 0 Å². The lowest BCUT2D eigenvalue weighted by molar-refractivity contribution is -0.114. The minimum atomic E-state index is -0.0256. The second-order valence-corrected chi connectivity index (χ2v) is 7.75. The molecule has 0 bridgehead atoms. The largest absolute Gasteiger partial charge is 0.368 e. The maximum Gasteiger partial charge on any atom is 0.221 e. The topological polar surface area (TPSA) is 32.3 Å². The summed E-state index contributed by atoms with van der Waals surface area (Å²) in [5, 5.41) is 5.50. The van der Waals surface area contributed by atoms with Gasteiger partial charge in [-0.1, -0.05) is 48.5 Å². The van der Waals surface area contributed by atoms with Crippen molar-refractivity contribution in [1.82, 2.24) is 0 Å². The molecule has 0 heterocycles. The van der Waals surface area contributed by atoms with Crippen LogP contribution in [-0.4, -0.2) is 18.5 Å². The summed E-state index contributed by atoms with van der Waals surface area (Å²) in [6, 6.07) is 24.3. The van der Waals surface area contributed by atoms with Crippen LogP contribution in [0.2, 0.25) is 0 Å². The molecule has 1 N–H and O–H groups in total. The molecule has 2 atom stereocenters. The fraction of sp³-hybridized carbons (Fsp3) is 0.320. The second kappa shape index (κ2) is 8.05. The number of anilines is 2. The zero-order valence-corrected chi connectivity index (χ0v) is 16.7. The highest BCUT2D eigenvalue weighted by Crippen LogP contribution is 2.40. The molecule has 0 aromatic heterocycles. The van der Waals surface area contributed by atoms with E-state index in [0.29, 0.717) is 12.0 Å².